The minimum absolute atomic E-state index is 0.0560. The van der Waals surface area contributed by atoms with Gasteiger partial charge in [0.15, 0.2) is 11.2 Å². The molecule has 0 spiro atoms. The van der Waals surface area contributed by atoms with E-state index in [0.717, 1.165) is 12.0 Å². The highest BCUT2D eigenvalue weighted by Gasteiger charge is 2.37. The van der Waals surface area contributed by atoms with Gasteiger partial charge in [-0.1, -0.05) is 13.5 Å². The lowest BCUT2D eigenvalue weighted by atomic mass is 9.98. The number of aliphatic hydroxyl groups excluding tert-OH is 1. The van der Waals surface area contributed by atoms with Crippen LogP contribution in [0.25, 0.3) is 11.2 Å². The predicted molar refractivity (Wildman–Crippen MR) is 75.1 cm³/mol. The zero-order valence-electron chi connectivity index (χ0n) is 11.2. The first-order chi connectivity index (χ1) is 9.52. The topological polar surface area (TPSA) is 110 Å². The van der Waals surface area contributed by atoms with Crippen LogP contribution in [0.5, 0.6) is 0 Å². The first kappa shape index (κ1) is 12.9. The van der Waals surface area contributed by atoms with Crippen molar-refractivity contribution in [2.45, 2.75) is 31.9 Å². The van der Waals surface area contributed by atoms with Crippen molar-refractivity contribution in [3.05, 3.63) is 28.8 Å². The van der Waals surface area contributed by atoms with Crippen LogP contribution >= 0.6 is 0 Å². The molecule has 0 amide bonds. The molecule has 0 bridgehead atoms. The van der Waals surface area contributed by atoms with Gasteiger partial charge < -0.3 is 15.4 Å². The molecule has 0 saturated heterocycles. The summed E-state index contributed by atoms with van der Waals surface area (Å²) in [5, 5.41) is 10.1. The summed E-state index contributed by atoms with van der Waals surface area (Å²) in [4.78, 5) is 22.4. The lowest BCUT2D eigenvalue weighted by Crippen LogP contribution is -2.14. The number of nitrogens with one attached hydrogen (secondary N) is 1. The molecule has 1 unspecified atom stereocenters. The number of rotatable bonds is 2. The van der Waals surface area contributed by atoms with Crippen LogP contribution in [0.3, 0.4) is 0 Å². The van der Waals surface area contributed by atoms with Crippen LogP contribution in [0.4, 0.5) is 5.95 Å². The maximum Gasteiger partial charge on any atom is 0.280 e. The molecule has 1 saturated carbocycles. The van der Waals surface area contributed by atoms with Crippen molar-refractivity contribution in [2.75, 3.05) is 5.73 Å². The van der Waals surface area contributed by atoms with Crippen molar-refractivity contribution in [3.8, 4) is 0 Å². The average molecular weight is 275 g/mol. The molecule has 1 aliphatic rings. The molecule has 0 aromatic carbocycles. The summed E-state index contributed by atoms with van der Waals surface area (Å²) in [6.45, 7) is 6.11. The van der Waals surface area contributed by atoms with Crippen molar-refractivity contribution in [1.82, 2.24) is 19.5 Å². The minimum Gasteiger partial charge on any atom is -0.392 e. The molecule has 0 radical (unpaired) electrons. The van der Waals surface area contributed by atoms with Gasteiger partial charge in [-0.2, -0.15) is 4.98 Å². The fourth-order valence-electron chi connectivity index (χ4n) is 3.04. The van der Waals surface area contributed by atoms with E-state index in [4.69, 9.17) is 5.73 Å². The van der Waals surface area contributed by atoms with Gasteiger partial charge in [-0.25, -0.2) is 4.98 Å². The van der Waals surface area contributed by atoms with E-state index in [9.17, 15) is 9.90 Å². The highest BCUT2D eigenvalue weighted by Crippen LogP contribution is 2.41. The molecular weight excluding hydrogens is 258 g/mol. The molecule has 7 heteroatoms. The van der Waals surface area contributed by atoms with Gasteiger partial charge in [0, 0.05) is 5.92 Å². The number of anilines is 1. The summed E-state index contributed by atoms with van der Waals surface area (Å²) < 4.78 is 1.78. The molecule has 7 nitrogen and oxygen atoms in total. The molecule has 106 valence electrons. The Labute approximate surface area is 115 Å². The molecule has 3 rings (SSSR count). The minimum atomic E-state index is -0.422. The summed E-state index contributed by atoms with van der Waals surface area (Å²) in [7, 11) is 0. The van der Waals surface area contributed by atoms with E-state index < -0.39 is 6.10 Å². The fourth-order valence-corrected chi connectivity index (χ4v) is 3.04. The predicted octanol–water partition coefficient (Wildman–Crippen LogP) is 0.590. The third-order valence-electron chi connectivity index (χ3n) is 4.06. The summed E-state index contributed by atoms with van der Waals surface area (Å²) >= 11 is 0. The van der Waals surface area contributed by atoms with Gasteiger partial charge in [-0.15, -0.1) is 0 Å². The number of fused-ring (bicyclic) bond motifs is 1. The summed E-state index contributed by atoms with van der Waals surface area (Å²) in [6.07, 6.45) is 2.53. The zero-order chi connectivity index (χ0) is 14.4. The maximum absolute atomic E-state index is 11.8. The third-order valence-corrected chi connectivity index (χ3v) is 4.06. The van der Waals surface area contributed by atoms with E-state index in [2.05, 4.69) is 21.5 Å². The fraction of sp³-hybridized carbons (Fsp3) is 0.462. The van der Waals surface area contributed by atoms with E-state index in [1.165, 1.54) is 0 Å². The van der Waals surface area contributed by atoms with Crippen LogP contribution in [0, 0.1) is 5.92 Å². The number of nitrogens with two attached hydrogens (primary N) is 1. The second kappa shape index (κ2) is 4.45. The number of aliphatic hydroxyl groups is 1. The van der Waals surface area contributed by atoms with Crippen LogP contribution in [-0.2, 0) is 0 Å². The van der Waals surface area contributed by atoms with Gasteiger partial charge in [-0.05, 0) is 18.4 Å². The Morgan fingerprint density at radius 2 is 2.40 bits per heavy atom. The van der Waals surface area contributed by atoms with Crippen LogP contribution in [0.15, 0.2) is 23.3 Å². The number of nitrogens with zero attached hydrogens (tertiary/aromatic N) is 3. The highest BCUT2D eigenvalue weighted by molar-refractivity contribution is 5.70. The number of nitrogen functional groups attached to an aromatic ring is 1. The molecule has 3 atom stereocenters. The smallest absolute Gasteiger partial charge is 0.280 e. The lowest BCUT2D eigenvalue weighted by molar-refractivity contribution is 0.136. The van der Waals surface area contributed by atoms with Gasteiger partial charge >= 0.3 is 0 Å². The van der Waals surface area contributed by atoms with E-state index in [-0.39, 0.29) is 29.0 Å². The van der Waals surface area contributed by atoms with E-state index >= 15 is 0 Å². The van der Waals surface area contributed by atoms with Crippen molar-refractivity contribution < 1.29 is 5.11 Å². The number of aromatic nitrogens is 4. The molecule has 20 heavy (non-hydrogen) atoms. The van der Waals surface area contributed by atoms with Crippen LogP contribution in [-0.4, -0.2) is 30.7 Å². The largest absolute Gasteiger partial charge is 0.392 e. The first-order valence-electron chi connectivity index (χ1n) is 6.62. The summed E-state index contributed by atoms with van der Waals surface area (Å²) in [5.74, 6) is 0.122. The Kier molecular flexibility index (Phi) is 2.86. The molecule has 4 N–H and O–H groups in total. The van der Waals surface area contributed by atoms with Crippen LogP contribution in [0.2, 0.25) is 0 Å². The monoisotopic (exact) mass is 275 g/mol. The van der Waals surface area contributed by atoms with Crippen molar-refractivity contribution in [2.24, 2.45) is 5.92 Å². The molecule has 2 aromatic rings. The van der Waals surface area contributed by atoms with E-state index in [0.29, 0.717) is 12.1 Å². The number of imidazole rings is 1. The Balaban J connectivity index is 2.12. The number of H-pyrrole nitrogens is 1. The van der Waals surface area contributed by atoms with Crippen molar-refractivity contribution in [1.29, 1.82) is 0 Å². The molecular formula is C13H17N5O2. The maximum atomic E-state index is 11.8. The molecule has 2 heterocycles. The number of aromatic amines is 1. The Bertz CT molecular complexity index is 732. The SMILES string of the molecule is C=C1C(CC)[C@H](O)C[C@@H]1n1cnc2c(=O)[nH]c(N)nc21. The highest BCUT2D eigenvalue weighted by atomic mass is 16.3. The second-order valence-electron chi connectivity index (χ2n) is 5.18. The Morgan fingerprint density at radius 1 is 1.65 bits per heavy atom. The summed E-state index contributed by atoms with van der Waals surface area (Å²) in [6, 6.07) is -0.103. The van der Waals surface area contributed by atoms with Crippen molar-refractivity contribution >= 4 is 17.1 Å². The summed E-state index contributed by atoms with van der Waals surface area (Å²) in [5.41, 5.74) is 6.86. The molecule has 2 aromatic heterocycles. The van der Waals surface area contributed by atoms with Gasteiger partial charge in [0.1, 0.15) is 0 Å². The van der Waals surface area contributed by atoms with Gasteiger partial charge in [0.25, 0.3) is 5.56 Å². The average Bonchev–Trinajstić information content (AvgIpc) is 2.91. The van der Waals surface area contributed by atoms with Gasteiger partial charge in [-0.3, -0.25) is 9.78 Å². The quantitative estimate of drug-likeness (QED) is 0.695. The lowest BCUT2D eigenvalue weighted by Gasteiger charge is -2.16. The zero-order valence-corrected chi connectivity index (χ0v) is 11.2. The Hall–Kier alpha value is -2.15. The van der Waals surface area contributed by atoms with Gasteiger partial charge in [0.05, 0.1) is 18.5 Å². The van der Waals surface area contributed by atoms with Crippen LogP contribution < -0.4 is 11.3 Å². The normalized spacial score (nSPS) is 26.5. The van der Waals surface area contributed by atoms with E-state index in [1.807, 2.05) is 6.92 Å². The Morgan fingerprint density at radius 3 is 3.05 bits per heavy atom. The first-order valence-corrected chi connectivity index (χ1v) is 6.62. The standard InChI is InChI=1S/C13H17N5O2/c1-3-7-6(2)8(4-9(7)19)18-5-15-10-11(18)16-13(14)17-12(10)20/h5,7-9,19H,2-4H2,1H3,(H3,14,16,17,20)/t7?,8-,9+/m0/s1. The molecule has 0 aliphatic heterocycles. The third kappa shape index (κ3) is 1.74. The van der Waals surface area contributed by atoms with Crippen LogP contribution in [0.1, 0.15) is 25.8 Å². The molecule has 1 fully saturated rings. The number of hydrogen-bond acceptors (Lipinski definition) is 5. The molecule has 1 aliphatic carbocycles. The van der Waals surface area contributed by atoms with Crippen molar-refractivity contribution in [3.63, 3.8) is 0 Å². The van der Waals surface area contributed by atoms with E-state index in [1.54, 1.807) is 10.9 Å². The second-order valence-corrected chi connectivity index (χ2v) is 5.18. The van der Waals surface area contributed by atoms with Gasteiger partial charge in [0.2, 0.25) is 5.95 Å². The number of hydrogen-bond donors (Lipinski definition) is 3.